The summed E-state index contributed by atoms with van der Waals surface area (Å²) in [4.78, 5) is 15.3. The Hall–Kier alpha value is -2.79. The van der Waals surface area contributed by atoms with Crippen molar-refractivity contribution in [1.82, 2.24) is 4.98 Å². The molecular formula is C20H22N2O3. The maximum atomic E-state index is 12.1. The summed E-state index contributed by atoms with van der Waals surface area (Å²) in [6.45, 7) is 0.245. The summed E-state index contributed by atoms with van der Waals surface area (Å²) in [6, 6.07) is 15.3. The first-order chi connectivity index (χ1) is 12.3. The molecule has 0 unspecified atom stereocenters. The normalized spacial score (nSPS) is 10.8. The van der Waals surface area contributed by atoms with Crippen LogP contribution in [0.5, 0.6) is 5.75 Å². The molecule has 5 nitrogen and oxygen atoms in total. The molecule has 0 fully saturated rings. The molecule has 0 aliphatic heterocycles. The lowest BCUT2D eigenvalue weighted by Gasteiger charge is -2.07. The fraction of sp³-hybridized carbons (Fsp3) is 0.250. The van der Waals surface area contributed by atoms with Gasteiger partial charge in [0, 0.05) is 29.2 Å². The number of hydrogen-bond donors (Lipinski definition) is 3. The number of hydrogen-bond acceptors (Lipinski definition) is 3. The van der Waals surface area contributed by atoms with Gasteiger partial charge in [-0.25, -0.2) is 0 Å². The Balaban J connectivity index is 1.46. The van der Waals surface area contributed by atoms with Crippen molar-refractivity contribution in [2.24, 2.45) is 0 Å². The number of aromatic nitrogens is 1. The van der Waals surface area contributed by atoms with E-state index < -0.39 is 0 Å². The highest BCUT2D eigenvalue weighted by atomic mass is 16.5. The van der Waals surface area contributed by atoms with Gasteiger partial charge in [0.25, 0.3) is 0 Å². The molecule has 130 valence electrons. The van der Waals surface area contributed by atoms with E-state index in [1.807, 2.05) is 18.3 Å². The molecule has 0 aliphatic carbocycles. The van der Waals surface area contributed by atoms with Crippen LogP contribution in [0.4, 0.5) is 5.69 Å². The molecule has 3 N–H and O–H groups in total. The van der Waals surface area contributed by atoms with Crippen LogP contribution in [0.25, 0.3) is 10.9 Å². The molecule has 1 aromatic heterocycles. The molecule has 0 aliphatic rings. The van der Waals surface area contributed by atoms with E-state index in [9.17, 15) is 4.79 Å². The predicted molar refractivity (Wildman–Crippen MR) is 98.9 cm³/mol. The lowest BCUT2D eigenvalue weighted by molar-refractivity contribution is -0.116. The minimum atomic E-state index is -0.0189. The van der Waals surface area contributed by atoms with Crippen molar-refractivity contribution in [2.45, 2.75) is 19.3 Å². The third-order valence-electron chi connectivity index (χ3n) is 4.02. The van der Waals surface area contributed by atoms with Gasteiger partial charge in [0.1, 0.15) is 12.4 Å². The van der Waals surface area contributed by atoms with Crippen molar-refractivity contribution in [1.29, 1.82) is 0 Å². The highest BCUT2D eigenvalue weighted by Crippen LogP contribution is 2.20. The molecule has 0 bridgehead atoms. The zero-order chi connectivity index (χ0) is 17.5. The Morgan fingerprint density at radius 2 is 1.92 bits per heavy atom. The number of carbonyl (C=O) groups excluding carboxylic acids is 1. The number of carbonyl (C=O) groups is 1. The molecular weight excluding hydrogens is 316 g/mol. The summed E-state index contributed by atoms with van der Waals surface area (Å²) in [7, 11) is 0. The van der Waals surface area contributed by atoms with Crippen LogP contribution >= 0.6 is 0 Å². The molecule has 25 heavy (non-hydrogen) atoms. The molecule has 1 heterocycles. The fourth-order valence-electron chi connectivity index (χ4n) is 2.80. The highest BCUT2D eigenvalue weighted by Gasteiger charge is 2.06. The van der Waals surface area contributed by atoms with Gasteiger partial charge in [-0.15, -0.1) is 0 Å². The molecule has 1 amide bonds. The summed E-state index contributed by atoms with van der Waals surface area (Å²) in [5, 5.41) is 12.8. The van der Waals surface area contributed by atoms with Gasteiger partial charge >= 0.3 is 0 Å². The minimum Gasteiger partial charge on any atom is -0.491 e. The van der Waals surface area contributed by atoms with E-state index in [1.165, 1.54) is 10.9 Å². The number of amides is 1. The average molecular weight is 338 g/mol. The van der Waals surface area contributed by atoms with E-state index >= 15 is 0 Å². The van der Waals surface area contributed by atoms with E-state index in [0.717, 1.165) is 24.0 Å². The van der Waals surface area contributed by atoms with Crippen LogP contribution < -0.4 is 10.1 Å². The summed E-state index contributed by atoms with van der Waals surface area (Å²) >= 11 is 0. The standard InChI is InChI=1S/C20H22N2O3/c23-12-13-25-17-10-8-16(9-11-17)22-20(24)7-3-4-15-14-21-19-6-2-1-5-18(15)19/h1-2,5-6,8-11,14,21,23H,3-4,7,12-13H2,(H,22,24). The van der Waals surface area contributed by atoms with Crippen LogP contribution in [0.1, 0.15) is 18.4 Å². The topological polar surface area (TPSA) is 74.4 Å². The Morgan fingerprint density at radius 3 is 2.72 bits per heavy atom. The number of aliphatic hydroxyl groups excluding tert-OH is 1. The van der Waals surface area contributed by atoms with Crippen LogP contribution in [-0.2, 0) is 11.2 Å². The largest absolute Gasteiger partial charge is 0.491 e. The van der Waals surface area contributed by atoms with E-state index in [4.69, 9.17) is 9.84 Å². The monoisotopic (exact) mass is 338 g/mol. The second kappa shape index (κ2) is 8.35. The van der Waals surface area contributed by atoms with Gasteiger partial charge in [-0.2, -0.15) is 0 Å². The van der Waals surface area contributed by atoms with E-state index in [-0.39, 0.29) is 19.1 Å². The SMILES string of the molecule is O=C(CCCc1c[nH]c2ccccc12)Nc1ccc(OCCO)cc1. The first-order valence-corrected chi connectivity index (χ1v) is 8.45. The number of benzene rings is 2. The zero-order valence-electron chi connectivity index (χ0n) is 14.0. The Labute approximate surface area is 146 Å². The number of aromatic amines is 1. The quantitative estimate of drug-likeness (QED) is 0.588. The number of ether oxygens (including phenoxy) is 1. The lowest BCUT2D eigenvalue weighted by atomic mass is 10.1. The Morgan fingerprint density at radius 1 is 1.12 bits per heavy atom. The predicted octanol–water partition coefficient (Wildman–Crippen LogP) is 3.50. The summed E-state index contributed by atoms with van der Waals surface area (Å²) in [5.74, 6) is 0.676. The molecule has 2 aromatic carbocycles. The highest BCUT2D eigenvalue weighted by molar-refractivity contribution is 5.90. The minimum absolute atomic E-state index is 0.00358. The van der Waals surface area contributed by atoms with Crippen LogP contribution in [0.2, 0.25) is 0 Å². The van der Waals surface area contributed by atoms with Gasteiger partial charge in [-0.1, -0.05) is 18.2 Å². The smallest absolute Gasteiger partial charge is 0.224 e. The van der Waals surface area contributed by atoms with Crippen molar-refractivity contribution in [2.75, 3.05) is 18.5 Å². The summed E-state index contributed by atoms with van der Waals surface area (Å²) in [5.41, 5.74) is 3.12. The van der Waals surface area contributed by atoms with Gasteiger partial charge in [-0.3, -0.25) is 4.79 Å². The maximum Gasteiger partial charge on any atom is 0.224 e. The van der Waals surface area contributed by atoms with Crippen molar-refractivity contribution in [3.8, 4) is 5.75 Å². The number of para-hydroxylation sites is 1. The van der Waals surface area contributed by atoms with Gasteiger partial charge in [0.15, 0.2) is 0 Å². The first kappa shape index (κ1) is 17.0. The van der Waals surface area contributed by atoms with Gasteiger partial charge in [-0.05, 0) is 48.7 Å². The van der Waals surface area contributed by atoms with E-state index in [0.29, 0.717) is 12.2 Å². The summed E-state index contributed by atoms with van der Waals surface area (Å²) < 4.78 is 5.29. The first-order valence-electron chi connectivity index (χ1n) is 8.45. The lowest BCUT2D eigenvalue weighted by Crippen LogP contribution is -2.11. The molecule has 3 aromatic rings. The molecule has 3 rings (SSSR count). The van der Waals surface area contributed by atoms with Crippen molar-refractivity contribution in [3.05, 3.63) is 60.3 Å². The van der Waals surface area contributed by atoms with E-state index in [2.05, 4.69) is 22.4 Å². The maximum absolute atomic E-state index is 12.1. The molecule has 5 heteroatoms. The number of aryl methyl sites for hydroxylation is 1. The Bertz CT molecular complexity index is 824. The molecule has 0 spiro atoms. The molecule has 0 radical (unpaired) electrons. The van der Waals surface area contributed by atoms with Crippen molar-refractivity contribution < 1.29 is 14.6 Å². The number of rotatable bonds is 8. The second-order valence-electron chi connectivity index (χ2n) is 5.86. The molecule has 0 saturated heterocycles. The van der Waals surface area contributed by atoms with Gasteiger partial charge < -0.3 is 20.1 Å². The van der Waals surface area contributed by atoms with Crippen molar-refractivity contribution >= 4 is 22.5 Å². The number of aliphatic hydroxyl groups is 1. The summed E-state index contributed by atoms with van der Waals surface area (Å²) in [6.07, 6.45) is 4.16. The number of H-pyrrole nitrogens is 1. The van der Waals surface area contributed by atoms with E-state index in [1.54, 1.807) is 24.3 Å². The van der Waals surface area contributed by atoms with Gasteiger partial charge in [0.05, 0.1) is 6.61 Å². The third kappa shape index (κ3) is 4.61. The number of anilines is 1. The fourth-order valence-corrected chi connectivity index (χ4v) is 2.80. The van der Waals surface area contributed by atoms with Crippen LogP contribution in [0, 0.1) is 0 Å². The second-order valence-corrected chi connectivity index (χ2v) is 5.86. The van der Waals surface area contributed by atoms with Crippen LogP contribution in [-0.4, -0.2) is 29.2 Å². The van der Waals surface area contributed by atoms with Gasteiger partial charge in [0.2, 0.25) is 5.91 Å². The molecule has 0 atom stereocenters. The average Bonchev–Trinajstić information content (AvgIpc) is 3.04. The van der Waals surface area contributed by atoms with Crippen LogP contribution in [0.3, 0.4) is 0 Å². The third-order valence-corrected chi connectivity index (χ3v) is 4.02. The Kier molecular flexibility index (Phi) is 5.69. The molecule has 0 saturated carbocycles. The van der Waals surface area contributed by atoms with Crippen LogP contribution in [0.15, 0.2) is 54.7 Å². The number of fused-ring (bicyclic) bond motifs is 1. The van der Waals surface area contributed by atoms with Crippen molar-refractivity contribution in [3.63, 3.8) is 0 Å². The zero-order valence-corrected chi connectivity index (χ0v) is 14.0. The number of nitrogens with one attached hydrogen (secondary N) is 2.